The molecule has 0 unspecified atom stereocenters. The molecule has 0 radical (unpaired) electrons. The number of benzene rings is 1. The second-order valence-corrected chi connectivity index (χ2v) is 4.49. The zero-order valence-electron chi connectivity index (χ0n) is 13.2. The average Bonchev–Trinajstić information content (AvgIpc) is 2.52. The Balaban J connectivity index is 0.00000242. The molecule has 0 aliphatic carbocycles. The molecule has 1 aromatic heterocycles. The van der Waals surface area contributed by atoms with Crippen LogP contribution in [0.25, 0.3) is 12.2 Å². The van der Waals surface area contributed by atoms with Gasteiger partial charge >= 0.3 is 0 Å². The van der Waals surface area contributed by atoms with E-state index in [1.165, 1.54) is 0 Å². The molecule has 0 saturated carbocycles. The molecule has 0 spiro atoms. The van der Waals surface area contributed by atoms with Gasteiger partial charge in [0.15, 0.2) is 17.7 Å². The van der Waals surface area contributed by atoms with Gasteiger partial charge in [0.2, 0.25) is 11.4 Å². The van der Waals surface area contributed by atoms with Gasteiger partial charge in [-0.2, -0.15) is 0 Å². The molecular formula is C17H20INO3. The third-order valence-corrected chi connectivity index (χ3v) is 3.26. The maximum absolute atomic E-state index is 5.47. The van der Waals surface area contributed by atoms with E-state index in [0.29, 0.717) is 17.2 Å². The Hall–Kier alpha value is -1.76. The van der Waals surface area contributed by atoms with Crippen LogP contribution in [0.15, 0.2) is 36.5 Å². The van der Waals surface area contributed by atoms with Crippen LogP contribution < -0.4 is 42.8 Å². The van der Waals surface area contributed by atoms with E-state index in [9.17, 15) is 0 Å². The Kier molecular flexibility index (Phi) is 7.17. The summed E-state index contributed by atoms with van der Waals surface area (Å²) in [6.45, 7) is 0. The van der Waals surface area contributed by atoms with Crippen LogP contribution in [0, 0.1) is 0 Å². The topological polar surface area (TPSA) is 31.6 Å². The average molecular weight is 413 g/mol. The van der Waals surface area contributed by atoms with E-state index in [1.54, 1.807) is 21.3 Å². The quantitative estimate of drug-likeness (QED) is 0.499. The molecule has 118 valence electrons. The van der Waals surface area contributed by atoms with Crippen LogP contribution in [0.1, 0.15) is 11.3 Å². The van der Waals surface area contributed by atoms with Crippen molar-refractivity contribution in [3.63, 3.8) is 0 Å². The first-order valence-electron chi connectivity index (χ1n) is 6.63. The van der Waals surface area contributed by atoms with Gasteiger partial charge in [-0.05, 0) is 24.3 Å². The first kappa shape index (κ1) is 18.3. The van der Waals surface area contributed by atoms with Gasteiger partial charge in [0.25, 0.3) is 0 Å². The zero-order chi connectivity index (χ0) is 15.2. The molecule has 0 aliphatic heterocycles. The van der Waals surface area contributed by atoms with Crippen LogP contribution in [0.2, 0.25) is 0 Å². The van der Waals surface area contributed by atoms with Crippen LogP contribution in [0.4, 0.5) is 0 Å². The Morgan fingerprint density at radius 3 is 2.18 bits per heavy atom. The Labute approximate surface area is 148 Å². The van der Waals surface area contributed by atoms with E-state index in [4.69, 9.17) is 14.2 Å². The summed E-state index contributed by atoms with van der Waals surface area (Å²) in [5, 5.41) is 0. The summed E-state index contributed by atoms with van der Waals surface area (Å²) >= 11 is 0. The molecule has 22 heavy (non-hydrogen) atoms. The van der Waals surface area contributed by atoms with Crippen molar-refractivity contribution in [1.82, 2.24) is 0 Å². The van der Waals surface area contributed by atoms with Crippen molar-refractivity contribution >= 4 is 12.2 Å². The number of hydrogen-bond donors (Lipinski definition) is 0. The van der Waals surface area contributed by atoms with Gasteiger partial charge in [0.05, 0.1) is 21.3 Å². The molecular weight excluding hydrogens is 393 g/mol. The predicted molar refractivity (Wildman–Crippen MR) is 82.6 cm³/mol. The summed E-state index contributed by atoms with van der Waals surface area (Å²) in [5.41, 5.74) is 2.02. The fraction of sp³-hybridized carbons (Fsp3) is 0.235. The summed E-state index contributed by atoms with van der Waals surface area (Å²) in [6, 6.07) is 9.86. The minimum Gasteiger partial charge on any atom is -1.00 e. The lowest BCUT2D eigenvalue weighted by atomic mass is 10.1. The number of aryl methyl sites for hydroxylation is 1. The highest BCUT2D eigenvalue weighted by atomic mass is 127. The van der Waals surface area contributed by atoms with Gasteiger partial charge in [-0.1, -0.05) is 0 Å². The molecule has 2 rings (SSSR count). The molecule has 0 aliphatic rings. The minimum atomic E-state index is 0. The maximum atomic E-state index is 5.47. The number of ether oxygens (including phenoxy) is 3. The summed E-state index contributed by atoms with van der Waals surface area (Å²) in [4.78, 5) is 0. The molecule has 4 nitrogen and oxygen atoms in total. The van der Waals surface area contributed by atoms with Crippen LogP contribution in [-0.4, -0.2) is 21.3 Å². The minimum absolute atomic E-state index is 0. The maximum Gasteiger partial charge on any atom is 0.204 e. The van der Waals surface area contributed by atoms with Gasteiger partial charge in [-0.3, -0.25) is 0 Å². The molecule has 0 saturated heterocycles. The number of pyridine rings is 1. The Bertz CT molecular complexity index is 656. The number of nitrogens with zero attached hydrogens (tertiary/aromatic N) is 1. The van der Waals surface area contributed by atoms with Gasteiger partial charge in [-0.25, -0.2) is 4.57 Å². The molecule has 0 atom stereocenters. The fourth-order valence-electron chi connectivity index (χ4n) is 2.14. The summed E-state index contributed by atoms with van der Waals surface area (Å²) < 4.78 is 18.2. The van der Waals surface area contributed by atoms with Crippen molar-refractivity contribution in [3.05, 3.63) is 47.8 Å². The highest BCUT2D eigenvalue weighted by molar-refractivity contribution is 5.74. The van der Waals surface area contributed by atoms with Crippen LogP contribution in [0.3, 0.4) is 0 Å². The lowest BCUT2D eigenvalue weighted by Gasteiger charge is -2.13. The highest BCUT2D eigenvalue weighted by Gasteiger charge is 2.14. The molecule has 0 fully saturated rings. The van der Waals surface area contributed by atoms with Crippen LogP contribution in [-0.2, 0) is 7.05 Å². The van der Waals surface area contributed by atoms with Crippen molar-refractivity contribution < 1.29 is 42.8 Å². The van der Waals surface area contributed by atoms with Crippen molar-refractivity contribution in [2.24, 2.45) is 7.05 Å². The summed E-state index contributed by atoms with van der Waals surface area (Å²) in [5.74, 6) is 1.91. The largest absolute Gasteiger partial charge is 1.00 e. The smallest absolute Gasteiger partial charge is 0.204 e. The summed E-state index contributed by atoms with van der Waals surface area (Å²) in [6.07, 6.45) is 6.03. The van der Waals surface area contributed by atoms with E-state index in [0.717, 1.165) is 11.3 Å². The summed E-state index contributed by atoms with van der Waals surface area (Å²) in [7, 11) is 6.84. The first-order chi connectivity index (χ1) is 10.2. The van der Waals surface area contributed by atoms with Gasteiger partial charge in [-0.15, -0.1) is 0 Å². The second-order valence-electron chi connectivity index (χ2n) is 4.49. The standard InChI is InChI=1S/C17H20NO3.HI/c1-18-12-6-5-7-14(18)10-8-13-9-11-15(19-2)17(21-4)16(13)20-3;/h5-12H,1-4H3;1H/q+1;/p-1/b10-8+;. The molecule has 1 aromatic carbocycles. The van der Waals surface area contributed by atoms with E-state index < -0.39 is 0 Å². The van der Waals surface area contributed by atoms with E-state index >= 15 is 0 Å². The molecule has 5 heteroatoms. The normalized spacial score (nSPS) is 10.2. The van der Waals surface area contributed by atoms with Crippen molar-refractivity contribution in [2.45, 2.75) is 0 Å². The van der Waals surface area contributed by atoms with Gasteiger partial charge in [0.1, 0.15) is 7.05 Å². The van der Waals surface area contributed by atoms with Crippen molar-refractivity contribution in [3.8, 4) is 17.2 Å². The van der Waals surface area contributed by atoms with Gasteiger partial charge in [0, 0.05) is 23.8 Å². The lowest BCUT2D eigenvalue weighted by Crippen LogP contribution is -3.00. The Morgan fingerprint density at radius 1 is 0.864 bits per heavy atom. The number of hydrogen-bond acceptors (Lipinski definition) is 3. The van der Waals surface area contributed by atoms with Crippen LogP contribution in [0.5, 0.6) is 17.2 Å². The first-order valence-corrected chi connectivity index (χ1v) is 6.63. The zero-order valence-corrected chi connectivity index (χ0v) is 15.3. The number of rotatable bonds is 5. The second kappa shape index (κ2) is 8.63. The van der Waals surface area contributed by atoms with E-state index in [1.807, 2.05) is 60.3 Å². The van der Waals surface area contributed by atoms with Crippen LogP contribution >= 0.6 is 0 Å². The monoisotopic (exact) mass is 413 g/mol. The molecule has 0 bridgehead atoms. The van der Waals surface area contributed by atoms with Crippen molar-refractivity contribution in [2.75, 3.05) is 21.3 Å². The number of aromatic nitrogens is 1. The molecule has 1 heterocycles. The van der Waals surface area contributed by atoms with E-state index in [2.05, 4.69) is 0 Å². The predicted octanol–water partition coefficient (Wildman–Crippen LogP) is -0.289. The fourth-order valence-corrected chi connectivity index (χ4v) is 2.14. The third-order valence-electron chi connectivity index (χ3n) is 3.26. The number of halogens is 1. The van der Waals surface area contributed by atoms with Crippen molar-refractivity contribution in [1.29, 1.82) is 0 Å². The highest BCUT2D eigenvalue weighted by Crippen LogP contribution is 2.40. The lowest BCUT2D eigenvalue weighted by molar-refractivity contribution is -0.673. The third kappa shape index (κ3) is 3.91. The van der Waals surface area contributed by atoms with E-state index in [-0.39, 0.29) is 24.0 Å². The SMILES string of the molecule is COc1ccc(/C=C/c2cccc[n+]2C)c(OC)c1OC.[I-]. The molecule has 2 aromatic rings. The number of methoxy groups -OCH3 is 3. The van der Waals surface area contributed by atoms with Gasteiger partial charge < -0.3 is 38.2 Å². The Morgan fingerprint density at radius 2 is 1.59 bits per heavy atom. The molecule has 0 N–H and O–H groups in total. The molecule has 0 amide bonds.